The Labute approximate surface area is 243 Å². The van der Waals surface area contributed by atoms with E-state index in [-0.39, 0.29) is 24.6 Å². The fourth-order valence-electron chi connectivity index (χ4n) is 6.16. The van der Waals surface area contributed by atoms with Crippen LogP contribution in [0, 0.1) is 5.41 Å². The maximum atomic E-state index is 14.5. The van der Waals surface area contributed by atoms with Crippen molar-refractivity contribution in [2.45, 2.75) is 51.5 Å². The standard InChI is InChI=1S/C30H30Cl2N4O4/c1-16(2)40-21-14-29(3,39-5)25-26-30(21,4)27-34-23(17-6-10-19(31)11-7-17)24(18-8-12-20(32)13-9-18)36(27)28(38)35(26)15-22(37)33-25/h6-14,16,23-24H,15H2,1-5H3,(H,33,37)/t23-,24+,29?,30?/m0/s1. The molecule has 2 aromatic carbocycles. The molecular formula is C30H30Cl2N4O4. The van der Waals surface area contributed by atoms with Gasteiger partial charge in [0.05, 0.1) is 23.5 Å². The lowest BCUT2D eigenvalue weighted by Crippen LogP contribution is -2.66. The molecule has 6 rings (SSSR count). The first-order valence-electron chi connectivity index (χ1n) is 13.2. The molecular weight excluding hydrogens is 551 g/mol. The summed E-state index contributed by atoms with van der Waals surface area (Å²) in [6.07, 6.45) is 1.73. The molecule has 0 saturated carbocycles. The van der Waals surface area contributed by atoms with Crippen molar-refractivity contribution in [3.8, 4) is 0 Å². The minimum absolute atomic E-state index is 0.134. The van der Waals surface area contributed by atoms with Gasteiger partial charge in [-0.1, -0.05) is 47.5 Å². The lowest BCUT2D eigenvalue weighted by molar-refractivity contribution is -0.123. The third kappa shape index (κ3) is 3.88. The van der Waals surface area contributed by atoms with Crippen molar-refractivity contribution in [1.29, 1.82) is 0 Å². The van der Waals surface area contributed by atoms with Gasteiger partial charge < -0.3 is 14.8 Å². The van der Waals surface area contributed by atoms with Gasteiger partial charge in [-0.2, -0.15) is 0 Å². The summed E-state index contributed by atoms with van der Waals surface area (Å²) >= 11 is 12.5. The highest BCUT2D eigenvalue weighted by atomic mass is 35.5. The van der Waals surface area contributed by atoms with E-state index >= 15 is 0 Å². The van der Waals surface area contributed by atoms with Gasteiger partial charge in [-0.15, -0.1) is 0 Å². The maximum absolute atomic E-state index is 14.5. The molecule has 3 heterocycles. The molecule has 0 spiro atoms. The Bertz CT molecular complexity index is 1500. The van der Waals surface area contributed by atoms with Crippen molar-refractivity contribution in [2.75, 3.05) is 13.7 Å². The van der Waals surface area contributed by atoms with Crippen molar-refractivity contribution in [2.24, 2.45) is 10.4 Å². The first-order valence-corrected chi connectivity index (χ1v) is 13.9. The van der Waals surface area contributed by atoms with Crippen LogP contribution in [-0.4, -0.2) is 52.9 Å². The molecule has 2 aromatic rings. The van der Waals surface area contributed by atoms with Gasteiger partial charge in [-0.3, -0.25) is 19.6 Å². The number of carbonyl (C=O) groups excluding carboxylic acids is 2. The lowest BCUT2D eigenvalue weighted by Gasteiger charge is -2.54. The highest BCUT2D eigenvalue weighted by Crippen LogP contribution is 2.57. The SMILES string of the molecule is COC1(C)C=C(OC(C)C)C2(C)C3=N[C@@H](c4ccc(Cl)cc4)[C@@H](c4ccc(Cl)cc4)N3C(=O)N3CC(=O)NC1=C32. The van der Waals surface area contributed by atoms with Crippen LogP contribution in [0.1, 0.15) is 50.9 Å². The van der Waals surface area contributed by atoms with Gasteiger partial charge in [0.15, 0.2) is 0 Å². The van der Waals surface area contributed by atoms with Crippen LogP contribution >= 0.6 is 23.2 Å². The zero-order chi connectivity index (χ0) is 28.6. The van der Waals surface area contributed by atoms with Crippen molar-refractivity contribution in [1.82, 2.24) is 15.1 Å². The molecule has 0 aromatic heterocycles. The molecule has 40 heavy (non-hydrogen) atoms. The van der Waals surface area contributed by atoms with Gasteiger partial charge >= 0.3 is 6.03 Å². The Morgan fingerprint density at radius 3 is 2.17 bits per heavy atom. The summed E-state index contributed by atoms with van der Waals surface area (Å²) in [5.74, 6) is 0.855. The molecule has 2 unspecified atom stereocenters. The topological polar surface area (TPSA) is 83.5 Å². The third-order valence-corrected chi connectivity index (χ3v) is 8.61. The average Bonchev–Trinajstić information content (AvgIpc) is 3.32. The first kappa shape index (κ1) is 26.9. The highest BCUT2D eigenvalue weighted by molar-refractivity contribution is 6.30. The van der Waals surface area contributed by atoms with E-state index in [9.17, 15) is 9.59 Å². The number of methoxy groups -OCH3 is 1. The Balaban J connectivity index is 1.63. The number of carbonyl (C=O) groups is 2. The normalized spacial score (nSPS) is 29.2. The van der Waals surface area contributed by atoms with Crippen LogP contribution in [0.4, 0.5) is 4.79 Å². The number of nitrogens with zero attached hydrogens (tertiary/aromatic N) is 3. The molecule has 3 aliphatic heterocycles. The second kappa shape index (κ2) is 9.36. The molecule has 8 nitrogen and oxygen atoms in total. The molecule has 1 aliphatic carbocycles. The number of amidine groups is 1. The molecule has 4 aliphatic rings. The zero-order valence-electron chi connectivity index (χ0n) is 22.9. The van der Waals surface area contributed by atoms with Crippen molar-refractivity contribution in [3.05, 3.63) is 92.9 Å². The number of nitrogens with one attached hydrogen (secondary N) is 1. The van der Waals surface area contributed by atoms with Crippen molar-refractivity contribution in [3.63, 3.8) is 0 Å². The summed E-state index contributed by atoms with van der Waals surface area (Å²) in [5.41, 5.74) is 0.865. The quantitative estimate of drug-likeness (QED) is 0.470. The minimum Gasteiger partial charge on any atom is -0.494 e. The maximum Gasteiger partial charge on any atom is 0.330 e. The van der Waals surface area contributed by atoms with Crippen molar-refractivity contribution < 1.29 is 19.1 Å². The number of aliphatic imine (C=N–C) groups is 1. The number of urea groups is 1. The number of benzene rings is 2. The van der Waals surface area contributed by atoms with E-state index in [1.807, 2.05) is 70.2 Å². The number of ether oxygens (including phenoxy) is 2. The average molecular weight is 582 g/mol. The summed E-state index contributed by atoms with van der Waals surface area (Å²) < 4.78 is 12.4. The Morgan fingerprint density at radius 2 is 1.60 bits per heavy atom. The van der Waals surface area contributed by atoms with Crippen LogP contribution in [0.3, 0.4) is 0 Å². The smallest absolute Gasteiger partial charge is 0.330 e. The number of halogens is 2. The summed E-state index contributed by atoms with van der Waals surface area (Å²) in [7, 11) is 1.57. The fraction of sp³-hybridized carbons (Fsp3) is 0.367. The molecule has 4 atom stereocenters. The van der Waals surface area contributed by atoms with E-state index in [1.165, 1.54) is 0 Å². The minimum atomic E-state index is -1.03. The van der Waals surface area contributed by atoms with Gasteiger partial charge in [0.1, 0.15) is 35.2 Å². The van der Waals surface area contributed by atoms with Gasteiger partial charge in [-0.25, -0.2) is 4.79 Å². The summed E-state index contributed by atoms with van der Waals surface area (Å²) in [4.78, 5) is 36.0. The van der Waals surface area contributed by atoms with Crippen molar-refractivity contribution >= 4 is 41.0 Å². The Kier molecular flexibility index (Phi) is 6.29. The van der Waals surface area contributed by atoms with Crippen LogP contribution in [0.5, 0.6) is 0 Å². The van der Waals surface area contributed by atoms with Crippen LogP contribution < -0.4 is 5.32 Å². The summed E-state index contributed by atoms with van der Waals surface area (Å²) in [6, 6.07) is 13.7. The number of hydrogen-bond acceptors (Lipinski definition) is 5. The Morgan fingerprint density at radius 1 is 1.00 bits per heavy atom. The van der Waals surface area contributed by atoms with E-state index in [2.05, 4.69) is 5.32 Å². The van der Waals surface area contributed by atoms with E-state index in [0.29, 0.717) is 33.0 Å². The van der Waals surface area contributed by atoms with Crippen LogP contribution in [0.25, 0.3) is 0 Å². The van der Waals surface area contributed by atoms with Gasteiger partial charge in [0.25, 0.3) is 0 Å². The van der Waals surface area contributed by atoms with E-state index in [1.54, 1.807) is 29.0 Å². The van der Waals surface area contributed by atoms with Gasteiger partial charge in [0.2, 0.25) is 5.91 Å². The summed E-state index contributed by atoms with van der Waals surface area (Å²) in [5, 5.41) is 4.20. The molecule has 10 heteroatoms. The lowest BCUT2D eigenvalue weighted by atomic mass is 9.71. The van der Waals surface area contributed by atoms with E-state index in [4.69, 9.17) is 37.7 Å². The van der Waals surface area contributed by atoms with E-state index in [0.717, 1.165) is 11.1 Å². The number of amides is 3. The fourth-order valence-corrected chi connectivity index (χ4v) is 6.41. The second-order valence-electron chi connectivity index (χ2n) is 11.1. The molecule has 1 N–H and O–H groups in total. The number of fused-ring (bicyclic) bond motifs is 2. The van der Waals surface area contributed by atoms with Crippen LogP contribution in [0.2, 0.25) is 10.0 Å². The molecule has 1 fully saturated rings. The van der Waals surface area contributed by atoms with E-state index < -0.39 is 23.1 Å². The highest BCUT2D eigenvalue weighted by Gasteiger charge is 2.63. The third-order valence-electron chi connectivity index (χ3n) is 8.10. The van der Waals surface area contributed by atoms with Gasteiger partial charge in [0, 0.05) is 17.2 Å². The number of rotatable bonds is 5. The monoisotopic (exact) mass is 580 g/mol. The second-order valence-corrected chi connectivity index (χ2v) is 11.9. The molecule has 1 saturated heterocycles. The van der Waals surface area contributed by atoms with Crippen LogP contribution in [-0.2, 0) is 14.3 Å². The molecule has 3 amide bonds. The molecule has 0 radical (unpaired) electrons. The summed E-state index contributed by atoms with van der Waals surface area (Å²) in [6.45, 7) is 7.62. The van der Waals surface area contributed by atoms with Gasteiger partial charge in [-0.05, 0) is 69.2 Å². The molecule has 0 bridgehead atoms. The predicted octanol–water partition coefficient (Wildman–Crippen LogP) is 6.00. The van der Waals surface area contributed by atoms with Crippen LogP contribution in [0.15, 0.2) is 76.8 Å². The predicted molar refractivity (Wildman–Crippen MR) is 153 cm³/mol. The first-order chi connectivity index (χ1) is 19.0. The largest absolute Gasteiger partial charge is 0.494 e. The zero-order valence-corrected chi connectivity index (χ0v) is 24.4. The molecule has 208 valence electrons. The Hall–Kier alpha value is -3.33. The number of hydrogen-bond donors (Lipinski definition) is 1.